The Balaban J connectivity index is 1.46. The van der Waals surface area contributed by atoms with Gasteiger partial charge in [0, 0.05) is 31.9 Å². The van der Waals surface area contributed by atoms with Gasteiger partial charge in [-0.2, -0.15) is 0 Å². The van der Waals surface area contributed by atoms with Crippen LogP contribution in [0.3, 0.4) is 0 Å². The zero-order valence-electron chi connectivity index (χ0n) is 22.5. The van der Waals surface area contributed by atoms with E-state index in [0.717, 1.165) is 14.9 Å². The maximum absolute atomic E-state index is 13.4. The molecule has 0 saturated carbocycles. The molecule has 0 aliphatic carbocycles. The second-order valence-corrected chi connectivity index (χ2v) is 11.4. The van der Waals surface area contributed by atoms with Gasteiger partial charge < -0.3 is 21.7 Å². The van der Waals surface area contributed by atoms with Crippen LogP contribution in [0.25, 0.3) is 6.08 Å². The largest absolute Gasteiger partial charge is 0.366 e. The standard InChI is InChI=1S/C32H27BrN4O4S/c1-20(30(39)35-25-15-13-22(14-16-25)29(34)38)42-27-12-6-11-26(19-27)36-32(41)28(18-21-7-5-10-24(33)17-21)37-31(40)23-8-3-2-4-9-23/h2-20H,1H3,(H2,34,38)(H,35,39)(H,36,41)(H,37,40)/b28-18+. The van der Waals surface area contributed by atoms with Crippen molar-refractivity contribution >= 4 is 68.8 Å². The van der Waals surface area contributed by atoms with E-state index >= 15 is 0 Å². The lowest BCUT2D eigenvalue weighted by Crippen LogP contribution is -2.30. The maximum Gasteiger partial charge on any atom is 0.272 e. The van der Waals surface area contributed by atoms with Crippen molar-refractivity contribution < 1.29 is 19.2 Å². The van der Waals surface area contributed by atoms with Gasteiger partial charge in [-0.25, -0.2) is 0 Å². The van der Waals surface area contributed by atoms with Gasteiger partial charge in [0.25, 0.3) is 11.8 Å². The van der Waals surface area contributed by atoms with Crippen molar-refractivity contribution in [2.24, 2.45) is 5.73 Å². The number of benzene rings is 4. The quantitative estimate of drug-likeness (QED) is 0.123. The van der Waals surface area contributed by atoms with Crippen molar-refractivity contribution in [3.8, 4) is 0 Å². The number of halogens is 1. The van der Waals surface area contributed by atoms with E-state index < -0.39 is 23.0 Å². The van der Waals surface area contributed by atoms with Gasteiger partial charge in [-0.3, -0.25) is 19.2 Å². The molecular formula is C32H27BrN4O4S. The van der Waals surface area contributed by atoms with Gasteiger partial charge in [-0.05, 0) is 85.3 Å². The Hall–Kier alpha value is -4.67. The van der Waals surface area contributed by atoms with Crippen LogP contribution in [0.4, 0.5) is 11.4 Å². The summed E-state index contributed by atoms with van der Waals surface area (Å²) >= 11 is 4.74. The van der Waals surface area contributed by atoms with Crippen molar-refractivity contribution in [1.29, 1.82) is 0 Å². The number of rotatable bonds is 10. The fraction of sp³-hybridized carbons (Fsp3) is 0.0625. The molecule has 0 aliphatic rings. The molecule has 4 amide bonds. The van der Waals surface area contributed by atoms with E-state index in [0.29, 0.717) is 22.5 Å². The van der Waals surface area contributed by atoms with Crippen molar-refractivity contribution in [3.63, 3.8) is 0 Å². The highest BCUT2D eigenvalue weighted by atomic mass is 79.9. The number of nitrogens with one attached hydrogen (secondary N) is 3. The predicted octanol–water partition coefficient (Wildman–Crippen LogP) is 6.08. The van der Waals surface area contributed by atoms with Crippen LogP contribution in [0.2, 0.25) is 0 Å². The van der Waals surface area contributed by atoms with E-state index in [1.165, 1.54) is 11.8 Å². The third-order valence-corrected chi connectivity index (χ3v) is 7.49. The molecule has 1 unspecified atom stereocenters. The van der Waals surface area contributed by atoms with Gasteiger partial charge in [0.2, 0.25) is 11.8 Å². The van der Waals surface area contributed by atoms with Gasteiger partial charge >= 0.3 is 0 Å². The van der Waals surface area contributed by atoms with Crippen molar-refractivity contribution in [2.75, 3.05) is 10.6 Å². The van der Waals surface area contributed by atoms with Crippen molar-refractivity contribution in [3.05, 3.63) is 130 Å². The highest BCUT2D eigenvalue weighted by molar-refractivity contribution is 9.10. The van der Waals surface area contributed by atoms with Crippen LogP contribution in [0.15, 0.2) is 118 Å². The first-order chi connectivity index (χ1) is 20.2. The summed E-state index contributed by atoms with van der Waals surface area (Å²) in [5.74, 6) is -1.70. The average molecular weight is 644 g/mol. The number of primary amides is 1. The Bertz CT molecular complexity index is 1640. The number of hydrogen-bond acceptors (Lipinski definition) is 5. The number of nitrogens with two attached hydrogens (primary N) is 1. The minimum absolute atomic E-state index is 0.0649. The van der Waals surface area contributed by atoms with Crippen LogP contribution >= 0.6 is 27.7 Å². The van der Waals surface area contributed by atoms with Crippen LogP contribution in [0, 0.1) is 0 Å². The molecule has 0 bridgehead atoms. The molecule has 0 saturated heterocycles. The molecule has 0 aliphatic heterocycles. The van der Waals surface area contributed by atoms with Crippen molar-refractivity contribution in [1.82, 2.24) is 5.32 Å². The molecule has 0 fully saturated rings. The summed E-state index contributed by atoms with van der Waals surface area (Å²) in [4.78, 5) is 51.0. The highest BCUT2D eigenvalue weighted by Gasteiger charge is 2.17. The lowest BCUT2D eigenvalue weighted by Gasteiger charge is -2.14. The third-order valence-electron chi connectivity index (χ3n) is 5.90. The highest BCUT2D eigenvalue weighted by Crippen LogP contribution is 2.27. The summed E-state index contributed by atoms with van der Waals surface area (Å²) in [6, 6.07) is 29.4. The molecule has 4 aromatic carbocycles. The summed E-state index contributed by atoms with van der Waals surface area (Å²) in [5.41, 5.74) is 7.85. The van der Waals surface area contributed by atoms with E-state index in [4.69, 9.17) is 5.73 Å². The summed E-state index contributed by atoms with van der Waals surface area (Å²) in [5, 5.41) is 7.92. The number of carbonyl (C=O) groups excluding carboxylic acids is 4. The minimum Gasteiger partial charge on any atom is -0.366 e. The molecule has 5 N–H and O–H groups in total. The lowest BCUT2D eigenvalue weighted by molar-refractivity contribution is -0.115. The minimum atomic E-state index is -0.543. The van der Waals surface area contributed by atoms with E-state index in [1.54, 1.807) is 85.8 Å². The third kappa shape index (κ3) is 8.66. The molecule has 42 heavy (non-hydrogen) atoms. The molecule has 1 atom stereocenters. The van der Waals surface area contributed by atoms with Gasteiger partial charge in [0.15, 0.2) is 0 Å². The van der Waals surface area contributed by atoms with E-state index in [-0.39, 0.29) is 11.6 Å². The Kier molecular flexibility index (Phi) is 10.3. The van der Waals surface area contributed by atoms with Gasteiger partial charge in [0.1, 0.15) is 5.70 Å². The Morgan fingerprint density at radius 1 is 0.786 bits per heavy atom. The summed E-state index contributed by atoms with van der Waals surface area (Å²) in [6.07, 6.45) is 1.60. The maximum atomic E-state index is 13.4. The smallest absolute Gasteiger partial charge is 0.272 e. The molecule has 4 aromatic rings. The molecule has 212 valence electrons. The second-order valence-electron chi connectivity index (χ2n) is 9.11. The van der Waals surface area contributed by atoms with Crippen LogP contribution in [-0.4, -0.2) is 28.9 Å². The van der Waals surface area contributed by atoms with Gasteiger partial charge in [-0.15, -0.1) is 11.8 Å². The molecule has 0 aromatic heterocycles. The zero-order chi connectivity index (χ0) is 30.1. The van der Waals surface area contributed by atoms with Gasteiger partial charge in [-0.1, -0.05) is 52.3 Å². The fourth-order valence-electron chi connectivity index (χ4n) is 3.77. The van der Waals surface area contributed by atoms with Gasteiger partial charge in [0.05, 0.1) is 5.25 Å². The number of anilines is 2. The van der Waals surface area contributed by atoms with Crippen LogP contribution in [0.5, 0.6) is 0 Å². The monoisotopic (exact) mass is 642 g/mol. The first-order valence-corrected chi connectivity index (χ1v) is 14.5. The Labute approximate surface area is 255 Å². The van der Waals surface area contributed by atoms with E-state index in [2.05, 4.69) is 31.9 Å². The van der Waals surface area contributed by atoms with Crippen LogP contribution < -0.4 is 21.7 Å². The molecule has 0 spiro atoms. The molecule has 0 heterocycles. The summed E-state index contributed by atoms with van der Waals surface area (Å²) < 4.78 is 0.830. The number of hydrogen-bond donors (Lipinski definition) is 4. The summed E-state index contributed by atoms with van der Waals surface area (Å²) in [7, 11) is 0. The molecular weight excluding hydrogens is 616 g/mol. The number of amides is 4. The van der Waals surface area contributed by atoms with E-state index in [1.807, 2.05) is 30.3 Å². The zero-order valence-corrected chi connectivity index (χ0v) is 24.9. The SMILES string of the molecule is CC(Sc1cccc(NC(=O)/C(=C\c2cccc(Br)c2)NC(=O)c2ccccc2)c1)C(=O)Nc1ccc(C(N)=O)cc1. The normalized spacial score (nSPS) is 11.7. The Morgan fingerprint density at radius 2 is 1.50 bits per heavy atom. The summed E-state index contributed by atoms with van der Waals surface area (Å²) in [6.45, 7) is 1.76. The topological polar surface area (TPSA) is 130 Å². The first kappa shape index (κ1) is 30.3. The molecule has 10 heteroatoms. The van der Waals surface area contributed by atoms with Crippen LogP contribution in [0.1, 0.15) is 33.2 Å². The van der Waals surface area contributed by atoms with Crippen LogP contribution in [-0.2, 0) is 9.59 Å². The number of carbonyl (C=O) groups is 4. The molecule has 0 radical (unpaired) electrons. The first-order valence-electron chi connectivity index (χ1n) is 12.8. The molecule has 4 rings (SSSR count). The second kappa shape index (κ2) is 14.3. The van der Waals surface area contributed by atoms with E-state index in [9.17, 15) is 19.2 Å². The Morgan fingerprint density at radius 3 is 2.19 bits per heavy atom. The predicted molar refractivity (Wildman–Crippen MR) is 170 cm³/mol. The lowest BCUT2D eigenvalue weighted by atomic mass is 10.1. The van der Waals surface area contributed by atoms with Crippen molar-refractivity contribution in [2.45, 2.75) is 17.1 Å². The fourth-order valence-corrected chi connectivity index (χ4v) is 5.11. The number of thioether (sulfide) groups is 1. The molecule has 8 nitrogen and oxygen atoms in total. The average Bonchev–Trinajstić information content (AvgIpc) is 2.97.